The number of carboxylic acids is 1. The van der Waals surface area contributed by atoms with Crippen LogP contribution in [0.4, 0.5) is 0 Å². The second-order valence-corrected chi connectivity index (χ2v) is 11.1. The van der Waals surface area contributed by atoms with Gasteiger partial charge in [0.15, 0.2) is 0 Å². The highest BCUT2D eigenvalue weighted by Gasteiger charge is 2.32. The van der Waals surface area contributed by atoms with Gasteiger partial charge in [-0.25, -0.2) is 8.42 Å². The number of benzene rings is 3. The number of carboxylic acid groups (broad SMARTS) is 1. The van der Waals surface area contributed by atoms with E-state index >= 15 is 0 Å². The van der Waals surface area contributed by atoms with Crippen LogP contribution in [0.5, 0.6) is 0 Å². The zero-order valence-electron chi connectivity index (χ0n) is 20.3. The van der Waals surface area contributed by atoms with Crippen molar-refractivity contribution in [1.29, 1.82) is 5.41 Å². The molecular weight excluding hydrogens is 492 g/mol. The van der Waals surface area contributed by atoms with Crippen molar-refractivity contribution in [2.45, 2.75) is 36.6 Å². The Kier molecular flexibility index (Phi) is 7.89. The molecule has 4 rings (SSSR count). The van der Waals surface area contributed by atoms with Gasteiger partial charge in [-0.15, -0.1) is 0 Å². The number of carbonyl (C=O) groups excluding carboxylic acids is 1. The van der Waals surface area contributed by atoms with Crippen molar-refractivity contribution >= 4 is 38.5 Å². The minimum Gasteiger partial charge on any atom is -0.481 e. The molecule has 0 aliphatic carbocycles. The average molecular weight is 523 g/mol. The van der Waals surface area contributed by atoms with E-state index in [1.807, 2.05) is 24.3 Å². The summed E-state index contributed by atoms with van der Waals surface area (Å²) in [6, 6.07) is 18.0. The summed E-state index contributed by atoms with van der Waals surface area (Å²) in [5.74, 6) is -1.37. The molecule has 0 unspecified atom stereocenters. The van der Waals surface area contributed by atoms with E-state index in [-0.39, 0.29) is 35.4 Å². The molecule has 194 valence electrons. The quantitative estimate of drug-likeness (QED) is 0.250. The van der Waals surface area contributed by atoms with Crippen LogP contribution in [0, 0.1) is 11.3 Å². The number of amidine groups is 1. The molecule has 9 nitrogen and oxygen atoms in total. The maximum atomic E-state index is 13.6. The number of hydrogen-bond donors (Lipinski definition) is 4. The Bertz CT molecular complexity index is 1430. The van der Waals surface area contributed by atoms with Gasteiger partial charge in [0.05, 0.1) is 4.90 Å². The third-order valence-electron chi connectivity index (χ3n) is 6.69. The molecule has 3 aromatic carbocycles. The number of nitrogens with one attached hydrogen (secondary N) is 2. The van der Waals surface area contributed by atoms with E-state index in [0.717, 1.165) is 10.8 Å². The van der Waals surface area contributed by atoms with Gasteiger partial charge in [0.1, 0.15) is 11.9 Å². The fourth-order valence-electron chi connectivity index (χ4n) is 4.70. The normalized spacial score (nSPS) is 15.4. The molecule has 0 spiro atoms. The highest BCUT2D eigenvalue weighted by atomic mass is 32.2. The minimum atomic E-state index is -4.05. The van der Waals surface area contributed by atoms with E-state index in [1.165, 1.54) is 6.07 Å². The van der Waals surface area contributed by atoms with Crippen molar-refractivity contribution in [2.24, 2.45) is 11.7 Å². The van der Waals surface area contributed by atoms with Crippen molar-refractivity contribution in [3.05, 3.63) is 77.9 Å². The first kappa shape index (κ1) is 26.3. The van der Waals surface area contributed by atoms with Crippen LogP contribution in [-0.2, 0) is 26.0 Å². The molecule has 0 saturated carbocycles. The van der Waals surface area contributed by atoms with Crippen molar-refractivity contribution in [3.63, 3.8) is 0 Å². The molecule has 0 radical (unpaired) electrons. The third kappa shape index (κ3) is 6.52. The summed E-state index contributed by atoms with van der Waals surface area (Å²) >= 11 is 0. The highest BCUT2D eigenvalue weighted by molar-refractivity contribution is 7.89. The van der Waals surface area contributed by atoms with E-state index in [9.17, 15) is 18.0 Å². The summed E-state index contributed by atoms with van der Waals surface area (Å²) in [5, 5.41) is 18.4. The number of nitrogens with zero attached hydrogens (tertiary/aromatic N) is 1. The van der Waals surface area contributed by atoms with Gasteiger partial charge in [-0.2, -0.15) is 4.72 Å². The molecule has 1 atom stereocenters. The van der Waals surface area contributed by atoms with E-state index in [0.29, 0.717) is 37.1 Å². The van der Waals surface area contributed by atoms with Gasteiger partial charge >= 0.3 is 5.97 Å². The fraction of sp³-hybridized carbons (Fsp3) is 0.296. The number of aliphatic carboxylic acids is 1. The lowest BCUT2D eigenvalue weighted by Gasteiger charge is -2.34. The van der Waals surface area contributed by atoms with Gasteiger partial charge in [-0.05, 0) is 59.7 Å². The molecule has 1 fully saturated rings. The summed E-state index contributed by atoms with van der Waals surface area (Å²) in [4.78, 5) is 26.3. The van der Waals surface area contributed by atoms with E-state index < -0.39 is 22.0 Å². The van der Waals surface area contributed by atoms with Crippen LogP contribution >= 0.6 is 0 Å². The third-order valence-corrected chi connectivity index (χ3v) is 8.16. The van der Waals surface area contributed by atoms with Crippen LogP contribution < -0.4 is 10.5 Å². The monoisotopic (exact) mass is 522 g/mol. The summed E-state index contributed by atoms with van der Waals surface area (Å²) in [6.45, 7) is 0.719. The Balaban J connectivity index is 1.60. The van der Waals surface area contributed by atoms with E-state index in [1.54, 1.807) is 41.3 Å². The molecule has 1 amide bonds. The summed E-state index contributed by atoms with van der Waals surface area (Å²) in [7, 11) is -4.05. The number of hydrogen-bond acceptors (Lipinski definition) is 5. The zero-order chi connectivity index (χ0) is 26.6. The van der Waals surface area contributed by atoms with Crippen molar-refractivity contribution in [1.82, 2.24) is 9.62 Å². The smallest absolute Gasteiger partial charge is 0.303 e. The molecule has 1 aliphatic rings. The summed E-state index contributed by atoms with van der Waals surface area (Å²) in [6.07, 6.45) is 1.21. The molecule has 5 N–H and O–H groups in total. The molecule has 3 aromatic rings. The van der Waals surface area contributed by atoms with Crippen molar-refractivity contribution in [3.8, 4) is 0 Å². The zero-order valence-corrected chi connectivity index (χ0v) is 21.1. The lowest BCUT2D eigenvalue weighted by atomic mass is 9.93. The first-order chi connectivity index (χ1) is 17.6. The number of nitrogen functional groups attached to an aromatic ring is 1. The van der Waals surface area contributed by atoms with Crippen LogP contribution in [0.2, 0.25) is 0 Å². The Hall–Kier alpha value is -3.76. The van der Waals surface area contributed by atoms with Gasteiger partial charge in [0.2, 0.25) is 15.9 Å². The van der Waals surface area contributed by atoms with Gasteiger partial charge < -0.3 is 15.7 Å². The number of rotatable bonds is 9. The Labute approximate surface area is 215 Å². The Morgan fingerprint density at radius 3 is 2.41 bits per heavy atom. The number of amides is 1. The Morgan fingerprint density at radius 1 is 1.03 bits per heavy atom. The molecule has 0 bridgehead atoms. The first-order valence-corrected chi connectivity index (χ1v) is 13.6. The predicted octanol–water partition coefficient (Wildman–Crippen LogP) is 2.73. The molecule has 0 aromatic heterocycles. The molecule has 10 heteroatoms. The predicted molar refractivity (Wildman–Crippen MR) is 141 cm³/mol. The van der Waals surface area contributed by atoms with Crippen LogP contribution in [-0.4, -0.2) is 55.3 Å². The summed E-state index contributed by atoms with van der Waals surface area (Å²) < 4.78 is 29.4. The van der Waals surface area contributed by atoms with Gasteiger partial charge in [-0.3, -0.25) is 15.0 Å². The largest absolute Gasteiger partial charge is 0.481 e. The van der Waals surface area contributed by atoms with Crippen molar-refractivity contribution < 1.29 is 23.1 Å². The lowest BCUT2D eigenvalue weighted by molar-refractivity contribution is -0.139. The maximum Gasteiger partial charge on any atom is 0.303 e. The Morgan fingerprint density at radius 2 is 1.73 bits per heavy atom. The SMILES string of the molecule is N=C(N)c1cccc(C[C@H](NS(=O)(=O)c2ccc3ccccc3c2)C(=O)N2CCC(CC(=O)O)CC2)c1. The number of likely N-dealkylation sites (tertiary alicyclic amines) is 1. The minimum absolute atomic E-state index is 0.0125. The standard InChI is InChI=1S/C27H30N4O5S/c28-26(29)22-7-3-4-19(14-22)15-24(27(34)31-12-10-18(11-13-31)16-25(32)33)30-37(35,36)23-9-8-20-5-1-2-6-21(20)17-23/h1-9,14,17-18,24,30H,10-13,15-16H2,(H3,28,29)(H,32,33)/t24-/m0/s1. The lowest BCUT2D eigenvalue weighted by Crippen LogP contribution is -2.51. The number of piperidine rings is 1. The topological polar surface area (TPSA) is 154 Å². The summed E-state index contributed by atoms with van der Waals surface area (Å²) in [5.41, 5.74) is 6.76. The second kappa shape index (κ2) is 11.1. The number of sulfonamides is 1. The molecular formula is C27H30N4O5S. The number of nitrogens with two attached hydrogens (primary N) is 1. The van der Waals surface area contributed by atoms with Crippen molar-refractivity contribution in [2.75, 3.05) is 13.1 Å². The highest BCUT2D eigenvalue weighted by Crippen LogP contribution is 2.23. The van der Waals surface area contributed by atoms with Gasteiger partial charge in [0.25, 0.3) is 0 Å². The maximum absolute atomic E-state index is 13.6. The van der Waals surface area contributed by atoms with Crippen LogP contribution in [0.25, 0.3) is 10.8 Å². The fourth-order valence-corrected chi connectivity index (χ4v) is 5.92. The second-order valence-electron chi connectivity index (χ2n) is 9.37. The molecule has 1 aliphatic heterocycles. The van der Waals surface area contributed by atoms with Gasteiger partial charge in [-0.1, -0.05) is 48.5 Å². The molecule has 37 heavy (non-hydrogen) atoms. The van der Waals surface area contributed by atoms with Gasteiger partial charge in [0, 0.05) is 25.1 Å². The first-order valence-electron chi connectivity index (χ1n) is 12.1. The van der Waals surface area contributed by atoms with E-state index in [4.69, 9.17) is 16.2 Å². The van der Waals surface area contributed by atoms with Crippen LogP contribution in [0.15, 0.2) is 71.6 Å². The van der Waals surface area contributed by atoms with Crippen LogP contribution in [0.3, 0.4) is 0 Å². The molecule has 1 saturated heterocycles. The van der Waals surface area contributed by atoms with Crippen LogP contribution in [0.1, 0.15) is 30.4 Å². The van der Waals surface area contributed by atoms with E-state index in [2.05, 4.69) is 4.72 Å². The molecule has 1 heterocycles. The average Bonchev–Trinajstić information content (AvgIpc) is 2.87. The number of carbonyl (C=O) groups is 2. The number of fused-ring (bicyclic) bond motifs is 1.